The van der Waals surface area contributed by atoms with Crippen LogP contribution in [0.5, 0.6) is 5.75 Å². The van der Waals surface area contributed by atoms with Crippen LogP contribution < -0.4 is 10.2 Å². The predicted molar refractivity (Wildman–Crippen MR) is 68.0 cm³/mol. The van der Waals surface area contributed by atoms with E-state index in [4.69, 9.17) is 19.4 Å². The Balaban J connectivity index is 2.47. The van der Waals surface area contributed by atoms with Gasteiger partial charge in [-0.1, -0.05) is 6.07 Å². The molecule has 1 aromatic heterocycles. The Morgan fingerprint density at radius 2 is 2.15 bits per heavy atom. The zero-order valence-corrected chi connectivity index (χ0v) is 10.3. The number of aliphatic hydroxyl groups is 2. The van der Waals surface area contributed by atoms with E-state index in [0.29, 0.717) is 0 Å². The van der Waals surface area contributed by atoms with Crippen LogP contribution in [-0.4, -0.2) is 40.6 Å². The number of aromatic carboxylic acids is 1. The zero-order chi connectivity index (χ0) is 14.7. The second-order valence-electron chi connectivity index (χ2n) is 4.06. The molecule has 1 heterocycles. The first-order chi connectivity index (χ1) is 9.52. The molecule has 0 amide bonds. The first-order valence-corrected chi connectivity index (χ1v) is 5.75. The zero-order valence-electron chi connectivity index (χ0n) is 10.3. The monoisotopic (exact) mass is 280 g/mol. The van der Waals surface area contributed by atoms with Crippen molar-refractivity contribution >= 4 is 16.9 Å². The summed E-state index contributed by atoms with van der Waals surface area (Å²) in [5.74, 6) is -1.65. The lowest BCUT2D eigenvalue weighted by Gasteiger charge is -2.11. The number of carbonyl (C=O) groups is 1. The third-order valence-corrected chi connectivity index (χ3v) is 2.57. The molecule has 7 heteroatoms. The molecule has 7 nitrogen and oxygen atoms in total. The fraction of sp³-hybridized carbons (Fsp3) is 0.231. The van der Waals surface area contributed by atoms with Gasteiger partial charge in [-0.05, 0) is 12.1 Å². The molecule has 0 aliphatic rings. The highest BCUT2D eigenvalue weighted by Gasteiger charge is 2.14. The molecular weight excluding hydrogens is 268 g/mol. The molecule has 1 aromatic carbocycles. The molecule has 1 unspecified atom stereocenters. The lowest BCUT2D eigenvalue weighted by Crippen LogP contribution is -2.21. The Labute approximate surface area is 112 Å². The summed E-state index contributed by atoms with van der Waals surface area (Å²) in [5.41, 5.74) is -0.483. The van der Waals surface area contributed by atoms with E-state index in [2.05, 4.69) is 0 Å². The van der Waals surface area contributed by atoms with Crippen molar-refractivity contribution in [2.75, 3.05) is 13.2 Å². The third kappa shape index (κ3) is 2.79. The summed E-state index contributed by atoms with van der Waals surface area (Å²) in [6.07, 6.45) is -1.07. The minimum atomic E-state index is -1.34. The van der Waals surface area contributed by atoms with Crippen LogP contribution in [0.4, 0.5) is 0 Å². The van der Waals surface area contributed by atoms with E-state index in [-0.39, 0.29) is 23.3 Å². The number of carboxylic acid groups (broad SMARTS) is 1. The first kappa shape index (κ1) is 14.0. The maximum absolute atomic E-state index is 11.9. The lowest BCUT2D eigenvalue weighted by molar-refractivity contribution is 0.0540. The van der Waals surface area contributed by atoms with Crippen LogP contribution in [0.15, 0.2) is 33.5 Å². The maximum Gasteiger partial charge on any atom is 0.371 e. The second-order valence-corrected chi connectivity index (χ2v) is 4.06. The highest BCUT2D eigenvalue weighted by atomic mass is 16.5. The van der Waals surface area contributed by atoms with Crippen LogP contribution in [0.25, 0.3) is 11.0 Å². The van der Waals surface area contributed by atoms with Gasteiger partial charge >= 0.3 is 5.97 Å². The molecule has 0 fully saturated rings. The van der Waals surface area contributed by atoms with E-state index in [1.165, 1.54) is 18.2 Å². The first-order valence-electron chi connectivity index (χ1n) is 5.75. The van der Waals surface area contributed by atoms with Gasteiger partial charge in [0.15, 0.2) is 5.43 Å². The Bertz CT molecular complexity index is 689. The normalized spacial score (nSPS) is 12.3. The predicted octanol–water partition coefficient (Wildman–Crippen LogP) is 0.223. The van der Waals surface area contributed by atoms with Gasteiger partial charge in [-0.25, -0.2) is 4.79 Å². The highest BCUT2D eigenvalue weighted by molar-refractivity contribution is 5.89. The number of hydrogen-bond donors (Lipinski definition) is 3. The summed E-state index contributed by atoms with van der Waals surface area (Å²) in [7, 11) is 0. The molecule has 0 spiro atoms. The standard InChI is InChI=1S/C13H12O7/c14-5-7(15)6-19-9-2-1-3-10-12(9)8(16)4-11(20-10)13(17)18/h1-4,7,14-15H,5-6H2,(H,17,18). The molecule has 0 aliphatic carbocycles. The SMILES string of the molecule is O=C(O)c1cc(=O)c2c(OCC(O)CO)cccc2o1. The number of fused-ring (bicyclic) bond motifs is 1. The molecule has 0 aliphatic heterocycles. The van der Waals surface area contributed by atoms with Crippen molar-refractivity contribution in [3.63, 3.8) is 0 Å². The van der Waals surface area contributed by atoms with Crippen molar-refractivity contribution in [1.82, 2.24) is 0 Å². The average Bonchev–Trinajstić information content (AvgIpc) is 2.44. The minimum absolute atomic E-state index is 0.0749. The summed E-state index contributed by atoms with van der Waals surface area (Å²) in [4.78, 5) is 22.7. The van der Waals surface area contributed by atoms with Gasteiger partial charge < -0.3 is 24.5 Å². The van der Waals surface area contributed by atoms with E-state index in [9.17, 15) is 14.7 Å². The number of rotatable bonds is 5. The van der Waals surface area contributed by atoms with Crippen molar-refractivity contribution in [3.8, 4) is 5.75 Å². The number of ether oxygens (including phenoxy) is 1. The number of benzene rings is 1. The summed E-state index contributed by atoms with van der Waals surface area (Å²) in [5, 5.41) is 26.8. The summed E-state index contributed by atoms with van der Waals surface area (Å²) in [6, 6.07) is 5.32. The third-order valence-electron chi connectivity index (χ3n) is 2.57. The van der Waals surface area contributed by atoms with E-state index in [1.807, 2.05) is 0 Å². The number of hydrogen-bond acceptors (Lipinski definition) is 6. The van der Waals surface area contributed by atoms with Crippen molar-refractivity contribution in [2.45, 2.75) is 6.10 Å². The fourth-order valence-electron chi connectivity index (χ4n) is 1.64. The number of aliphatic hydroxyl groups excluding tert-OH is 2. The number of carboxylic acids is 1. The van der Waals surface area contributed by atoms with E-state index >= 15 is 0 Å². The molecule has 0 saturated carbocycles. The highest BCUT2D eigenvalue weighted by Crippen LogP contribution is 2.23. The van der Waals surface area contributed by atoms with E-state index in [0.717, 1.165) is 6.07 Å². The molecule has 1 atom stereocenters. The van der Waals surface area contributed by atoms with Crippen LogP contribution in [0, 0.1) is 0 Å². The van der Waals surface area contributed by atoms with Crippen LogP contribution >= 0.6 is 0 Å². The van der Waals surface area contributed by atoms with Gasteiger partial charge in [0.2, 0.25) is 5.76 Å². The Morgan fingerprint density at radius 1 is 1.40 bits per heavy atom. The smallest absolute Gasteiger partial charge is 0.371 e. The van der Waals surface area contributed by atoms with Gasteiger partial charge in [0, 0.05) is 6.07 Å². The molecule has 106 valence electrons. The quantitative estimate of drug-likeness (QED) is 0.717. The topological polar surface area (TPSA) is 117 Å². The van der Waals surface area contributed by atoms with Crippen LogP contribution in [0.2, 0.25) is 0 Å². The lowest BCUT2D eigenvalue weighted by atomic mass is 10.2. The maximum atomic E-state index is 11.9. The molecule has 0 bridgehead atoms. The molecule has 0 saturated heterocycles. The average molecular weight is 280 g/mol. The van der Waals surface area contributed by atoms with E-state index < -0.39 is 29.9 Å². The Kier molecular flexibility index (Phi) is 4.02. The molecule has 20 heavy (non-hydrogen) atoms. The molecule has 3 N–H and O–H groups in total. The largest absolute Gasteiger partial charge is 0.490 e. The Hall–Kier alpha value is -2.38. The Morgan fingerprint density at radius 3 is 2.80 bits per heavy atom. The van der Waals surface area contributed by atoms with Crippen molar-refractivity contribution in [1.29, 1.82) is 0 Å². The van der Waals surface area contributed by atoms with Crippen LogP contribution in [0.3, 0.4) is 0 Å². The van der Waals surface area contributed by atoms with Crippen molar-refractivity contribution in [3.05, 3.63) is 40.2 Å². The molecule has 2 aromatic rings. The van der Waals surface area contributed by atoms with E-state index in [1.54, 1.807) is 0 Å². The molecule has 0 radical (unpaired) electrons. The minimum Gasteiger partial charge on any atom is -0.490 e. The fourth-order valence-corrected chi connectivity index (χ4v) is 1.64. The van der Waals surface area contributed by atoms with Gasteiger partial charge in [-0.3, -0.25) is 4.79 Å². The van der Waals surface area contributed by atoms with Crippen molar-refractivity contribution in [2.24, 2.45) is 0 Å². The summed E-state index contributed by atoms with van der Waals surface area (Å²) < 4.78 is 10.3. The summed E-state index contributed by atoms with van der Waals surface area (Å²) in [6.45, 7) is -0.668. The second kappa shape index (κ2) is 5.72. The van der Waals surface area contributed by atoms with Crippen molar-refractivity contribution < 1.29 is 29.3 Å². The van der Waals surface area contributed by atoms with Gasteiger partial charge in [0.05, 0.1) is 6.61 Å². The molecule has 2 rings (SSSR count). The van der Waals surface area contributed by atoms with Gasteiger partial charge in [-0.2, -0.15) is 0 Å². The van der Waals surface area contributed by atoms with Gasteiger partial charge in [0.25, 0.3) is 0 Å². The summed E-state index contributed by atoms with van der Waals surface area (Å²) >= 11 is 0. The van der Waals surface area contributed by atoms with Crippen LogP contribution in [-0.2, 0) is 0 Å². The van der Waals surface area contributed by atoms with Gasteiger partial charge in [-0.15, -0.1) is 0 Å². The van der Waals surface area contributed by atoms with Crippen LogP contribution in [0.1, 0.15) is 10.6 Å². The molecular formula is C13H12O7. The van der Waals surface area contributed by atoms with Gasteiger partial charge in [0.1, 0.15) is 29.4 Å².